The SMILES string of the molecule is O=C(CC1CNC1)NC(CO)c1ccccc1. The molecule has 0 spiro atoms. The molecule has 0 bridgehead atoms. The average molecular weight is 234 g/mol. The summed E-state index contributed by atoms with van der Waals surface area (Å²) in [7, 11) is 0. The molecule has 92 valence electrons. The predicted molar refractivity (Wildman–Crippen MR) is 65.4 cm³/mol. The molecular formula is C13H18N2O2. The maximum atomic E-state index is 11.7. The lowest BCUT2D eigenvalue weighted by molar-refractivity contribution is -0.123. The molecule has 4 heteroatoms. The summed E-state index contributed by atoms with van der Waals surface area (Å²) in [5.41, 5.74) is 0.940. The van der Waals surface area contributed by atoms with Crippen LogP contribution in [0.15, 0.2) is 30.3 Å². The summed E-state index contributed by atoms with van der Waals surface area (Å²) >= 11 is 0. The van der Waals surface area contributed by atoms with Gasteiger partial charge in [-0.15, -0.1) is 0 Å². The normalized spacial score (nSPS) is 17.2. The summed E-state index contributed by atoms with van der Waals surface area (Å²) in [5.74, 6) is 0.463. The van der Waals surface area contributed by atoms with E-state index in [4.69, 9.17) is 0 Å². The van der Waals surface area contributed by atoms with E-state index in [-0.39, 0.29) is 18.6 Å². The number of aliphatic hydroxyl groups excluding tert-OH is 1. The van der Waals surface area contributed by atoms with Crippen LogP contribution in [0.3, 0.4) is 0 Å². The summed E-state index contributed by atoms with van der Waals surface area (Å²) < 4.78 is 0. The largest absolute Gasteiger partial charge is 0.394 e. The molecule has 2 rings (SSSR count). The van der Waals surface area contributed by atoms with Crippen molar-refractivity contribution in [3.8, 4) is 0 Å². The second-order valence-corrected chi connectivity index (χ2v) is 4.44. The first-order valence-electron chi connectivity index (χ1n) is 5.95. The van der Waals surface area contributed by atoms with Gasteiger partial charge in [-0.2, -0.15) is 0 Å². The molecule has 1 atom stereocenters. The molecule has 1 amide bonds. The number of aliphatic hydroxyl groups is 1. The van der Waals surface area contributed by atoms with Crippen molar-refractivity contribution in [2.75, 3.05) is 19.7 Å². The molecule has 1 unspecified atom stereocenters. The fourth-order valence-corrected chi connectivity index (χ4v) is 1.93. The number of carbonyl (C=O) groups excluding carboxylic acids is 1. The van der Waals surface area contributed by atoms with Crippen LogP contribution in [-0.2, 0) is 4.79 Å². The van der Waals surface area contributed by atoms with Gasteiger partial charge in [0.2, 0.25) is 5.91 Å². The van der Waals surface area contributed by atoms with Gasteiger partial charge in [0.1, 0.15) is 0 Å². The van der Waals surface area contributed by atoms with Crippen LogP contribution >= 0.6 is 0 Å². The van der Waals surface area contributed by atoms with Crippen LogP contribution < -0.4 is 10.6 Å². The minimum atomic E-state index is -0.295. The van der Waals surface area contributed by atoms with Crippen molar-refractivity contribution < 1.29 is 9.90 Å². The quantitative estimate of drug-likeness (QED) is 0.693. The van der Waals surface area contributed by atoms with Crippen molar-refractivity contribution in [2.24, 2.45) is 5.92 Å². The van der Waals surface area contributed by atoms with Gasteiger partial charge in [0.05, 0.1) is 12.6 Å². The highest BCUT2D eigenvalue weighted by Gasteiger charge is 2.21. The summed E-state index contributed by atoms with van der Waals surface area (Å²) in [4.78, 5) is 11.7. The molecule has 0 radical (unpaired) electrons. The van der Waals surface area contributed by atoms with Crippen molar-refractivity contribution >= 4 is 5.91 Å². The van der Waals surface area contributed by atoms with Crippen LogP contribution in [0.4, 0.5) is 0 Å². The van der Waals surface area contributed by atoms with Crippen LogP contribution in [0.25, 0.3) is 0 Å². The number of hydrogen-bond acceptors (Lipinski definition) is 3. The minimum absolute atomic E-state index is 0.0133. The molecule has 1 aromatic rings. The van der Waals surface area contributed by atoms with Crippen LogP contribution in [-0.4, -0.2) is 30.7 Å². The summed E-state index contributed by atoms with van der Waals surface area (Å²) in [6.07, 6.45) is 0.538. The van der Waals surface area contributed by atoms with Gasteiger partial charge in [0.15, 0.2) is 0 Å². The number of benzene rings is 1. The highest BCUT2D eigenvalue weighted by atomic mass is 16.3. The molecule has 0 aromatic heterocycles. The van der Waals surface area contributed by atoms with Crippen LogP contribution in [0.5, 0.6) is 0 Å². The Kier molecular flexibility index (Phi) is 4.12. The van der Waals surface area contributed by atoms with Crippen LogP contribution in [0.1, 0.15) is 18.0 Å². The van der Waals surface area contributed by atoms with Gasteiger partial charge in [0.25, 0.3) is 0 Å². The molecule has 0 aliphatic carbocycles. The van der Waals surface area contributed by atoms with Crippen molar-refractivity contribution in [1.82, 2.24) is 10.6 Å². The predicted octanol–water partition coefficient (Wildman–Crippen LogP) is 0.446. The summed E-state index contributed by atoms with van der Waals surface area (Å²) in [5, 5.41) is 15.3. The lowest BCUT2D eigenvalue weighted by Gasteiger charge is -2.27. The maximum absolute atomic E-state index is 11.7. The topological polar surface area (TPSA) is 61.4 Å². The van der Waals surface area contributed by atoms with E-state index < -0.39 is 0 Å². The number of rotatable bonds is 5. The van der Waals surface area contributed by atoms with Crippen molar-refractivity contribution in [3.05, 3.63) is 35.9 Å². The lowest BCUT2D eigenvalue weighted by atomic mass is 9.98. The van der Waals surface area contributed by atoms with E-state index >= 15 is 0 Å². The third kappa shape index (κ3) is 3.28. The zero-order chi connectivity index (χ0) is 12.1. The van der Waals surface area contributed by atoms with Crippen LogP contribution in [0, 0.1) is 5.92 Å². The van der Waals surface area contributed by atoms with Crippen molar-refractivity contribution in [1.29, 1.82) is 0 Å². The molecule has 3 N–H and O–H groups in total. The Labute approximate surface area is 101 Å². The minimum Gasteiger partial charge on any atom is -0.394 e. The Balaban J connectivity index is 1.88. The second-order valence-electron chi connectivity index (χ2n) is 4.44. The molecule has 1 aliphatic heterocycles. The highest BCUT2D eigenvalue weighted by Crippen LogP contribution is 2.13. The standard InChI is InChI=1S/C13H18N2O2/c16-9-12(11-4-2-1-3-5-11)15-13(17)6-10-7-14-8-10/h1-5,10,12,14,16H,6-9H2,(H,15,17). The van der Waals surface area contributed by atoms with Crippen molar-refractivity contribution in [3.63, 3.8) is 0 Å². The van der Waals surface area contributed by atoms with E-state index in [0.717, 1.165) is 18.7 Å². The smallest absolute Gasteiger partial charge is 0.220 e. The lowest BCUT2D eigenvalue weighted by Crippen LogP contribution is -2.45. The molecule has 1 heterocycles. The zero-order valence-corrected chi connectivity index (χ0v) is 9.73. The molecular weight excluding hydrogens is 216 g/mol. The van der Waals surface area contributed by atoms with E-state index in [1.54, 1.807) is 0 Å². The monoisotopic (exact) mass is 234 g/mol. The Bertz CT molecular complexity index is 363. The van der Waals surface area contributed by atoms with E-state index in [2.05, 4.69) is 10.6 Å². The molecule has 1 aromatic carbocycles. The van der Waals surface area contributed by atoms with Gasteiger partial charge in [-0.3, -0.25) is 4.79 Å². The third-order valence-corrected chi connectivity index (χ3v) is 3.06. The Hall–Kier alpha value is -1.39. The molecule has 1 saturated heterocycles. The molecule has 17 heavy (non-hydrogen) atoms. The highest BCUT2D eigenvalue weighted by molar-refractivity contribution is 5.76. The maximum Gasteiger partial charge on any atom is 0.220 e. The van der Waals surface area contributed by atoms with Gasteiger partial charge in [0, 0.05) is 6.42 Å². The van der Waals surface area contributed by atoms with E-state index in [1.165, 1.54) is 0 Å². The van der Waals surface area contributed by atoms with E-state index in [1.807, 2.05) is 30.3 Å². The summed E-state index contributed by atoms with van der Waals surface area (Å²) in [6, 6.07) is 9.24. The second kappa shape index (κ2) is 5.80. The molecule has 1 aliphatic rings. The first-order chi connectivity index (χ1) is 8.29. The number of amides is 1. The molecule has 1 fully saturated rings. The van der Waals surface area contributed by atoms with Gasteiger partial charge in [-0.05, 0) is 24.6 Å². The number of carbonyl (C=O) groups is 1. The number of nitrogens with one attached hydrogen (secondary N) is 2. The van der Waals surface area contributed by atoms with Crippen LogP contribution in [0.2, 0.25) is 0 Å². The Morgan fingerprint density at radius 2 is 2.12 bits per heavy atom. The summed E-state index contributed by atoms with van der Waals surface area (Å²) in [6.45, 7) is 1.77. The fourth-order valence-electron chi connectivity index (χ4n) is 1.93. The average Bonchev–Trinajstić information content (AvgIpc) is 2.32. The van der Waals surface area contributed by atoms with Gasteiger partial charge in [-0.1, -0.05) is 30.3 Å². The van der Waals surface area contributed by atoms with Crippen molar-refractivity contribution in [2.45, 2.75) is 12.5 Å². The molecule has 0 saturated carbocycles. The van der Waals surface area contributed by atoms with Gasteiger partial charge >= 0.3 is 0 Å². The Morgan fingerprint density at radius 1 is 1.41 bits per heavy atom. The zero-order valence-electron chi connectivity index (χ0n) is 9.73. The molecule has 4 nitrogen and oxygen atoms in total. The number of hydrogen-bond donors (Lipinski definition) is 3. The van der Waals surface area contributed by atoms with E-state index in [0.29, 0.717) is 12.3 Å². The Morgan fingerprint density at radius 3 is 2.65 bits per heavy atom. The van der Waals surface area contributed by atoms with Gasteiger partial charge in [-0.25, -0.2) is 0 Å². The van der Waals surface area contributed by atoms with Gasteiger partial charge < -0.3 is 15.7 Å². The fraction of sp³-hybridized carbons (Fsp3) is 0.462. The first kappa shape index (κ1) is 12.1. The first-order valence-corrected chi connectivity index (χ1v) is 5.95. The third-order valence-electron chi connectivity index (χ3n) is 3.06. The van der Waals surface area contributed by atoms with E-state index in [9.17, 15) is 9.90 Å².